The predicted octanol–water partition coefficient (Wildman–Crippen LogP) is 3.51. The summed E-state index contributed by atoms with van der Waals surface area (Å²) in [5.41, 5.74) is 1.27. The van der Waals surface area contributed by atoms with Crippen LogP contribution in [-0.4, -0.2) is 19.0 Å². The van der Waals surface area contributed by atoms with Crippen LogP contribution in [0.2, 0.25) is 5.02 Å². The molecule has 0 saturated heterocycles. The van der Waals surface area contributed by atoms with Gasteiger partial charge in [0.05, 0.1) is 16.1 Å². The van der Waals surface area contributed by atoms with Crippen molar-refractivity contribution in [3.05, 3.63) is 51.2 Å². The molecule has 0 saturated carbocycles. The predicted molar refractivity (Wildman–Crippen MR) is 85.9 cm³/mol. The molecular formula is C15H14ClN3OS. The van der Waals surface area contributed by atoms with Crippen molar-refractivity contribution in [2.75, 3.05) is 18.4 Å². The fourth-order valence-electron chi connectivity index (χ4n) is 1.77. The zero-order chi connectivity index (χ0) is 15.1. The van der Waals surface area contributed by atoms with Gasteiger partial charge in [-0.25, -0.2) is 0 Å². The third kappa shape index (κ3) is 4.48. The molecule has 1 aromatic carbocycles. The number of hydrogen-bond donors (Lipinski definition) is 2. The Morgan fingerprint density at radius 2 is 2.19 bits per heavy atom. The van der Waals surface area contributed by atoms with E-state index in [0.29, 0.717) is 28.6 Å². The van der Waals surface area contributed by atoms with Gasteiger partial charge in [0.1, 0.15) is 6.07 Å². The SMILES string of the molecule is N#Cc1cc(Cl)ccc1NCCCNC(=O)c1cccs1. The van der Waals surface area contributed by atoms with Crippen LogP contribution in [0.3, 0.4) is 0 Å². The smallest absolute Gasteiger partial charge is 0.261 e. The Morgan fingerprint density at radius 3 is 2.90 bits per heavy atom. The van der Waals surface area contributed by atoms with E-state index < -0.39 is 0 Å². The first-order valence-electron chi connectivity index (χ1n) is 6.46. The second-order valence-corrected chi connectivity index (χ2v) is 5.70. The van der Waals surface area contributed by atoms with Gasteiger partial charge in [0, 0.05) is 18.1 Å². The molecule has 6 heteroatoms. The van der Waals surface area contributed by atoms with Gasteiger partial charge in [-0.05, 0) is 36.1 Å². The molecule has 1 aromatic heterocycles. The molecule has 2 N–H and O–H groups in total. The van der Waals surface area contributed by atoms with Crippen LogP contribution in [0.15, 0.2) is 35.7 Å². The summed E-state index contributed by atoms with van der Waals surface area (Å²) in [5.74, 6) is -0.0470. The number of amides is 1. The van der Waals surface area contributed by atoms with Gasteiger partial charge in [0.25, 0.3) is 5.91 Å². The molecule has 0 aliphatic heterocycles. The van der Waals surface area contributed by atoms with Gasteiger partial charge in [0.2, 0.25) is 0 Å². The van der Waals surface area contributed by atoms with Crippen molar-refractivity contribution in [1.29, 1.82) is 5.26 Å². The maximum Gasteiger partial charge on any atom is 0.261 e. The molecule has 108 valence electrons. The monoisotopic (exact) mass is 319 g/mol. The van der Waals surface area contributed by atoms with Crippen molar-refractivity contribution >= 4 is 34.5 Å². The van der Waals surface area contributed by atoms with Gasteiger partial charge in [-0.15, -0.1) is 11.3 Å². The highest BCUT2D eigenvalue weighted by atomic mass is 35.5. The van der Waals surface area contributed by atoms with Crippen LogP contribution in [-0.2, 0) is 0 Å². The van der Waals surface area contributed by atoms with Crippen molar-refractivity contribution in [2.24, 2.45) is 0 Å². The summed E-state index contributed by atoms with van der Waals surface area (Å²) in [6.07, 6.45) is 0.768. The molecule has 0 radical (unpaired) electrons. The summed E-state index contributed by atoms with van der Waals surface area (Å²) in [6.45, 7) is 1.25. The molecular weight excluding hydrogens is 306 g/mol. The van der Waals surface area contributed by atoms with Crippen molar-refractivity contribution < 1.29 is 4.79 Å². The zero-order valence-corrected chi connectivity index (χ0v) is 12.8. The van der Waals surface area contributed by atoms with Crippen LogP contribution >= 0.6 is 22.9 Å². The molecule has 0 unspecified atom stereocenters. The third-order valence-corrected chi connectivity index (χ3v) is 3.91. The highest BCUT2D eigenvalue weighted by Gasteiger charge is 2.05. The summed E-state index contributed by atoms with van der Waals surface area (Å²) in [7, 11) is 0. The fraction of sp³-hybridized carbons (Fsp3) is 0.200. The molecule has 1 heterocycles. The quantitative estimate of drug-likeness (QED) is 0.801. The Morgan fingerprint density at radius 1 is 1.33 bits per heavy atom. The van der Waals surface area contributed by atoms with E-state index in [4.69, 9.17) is 16.9 Å². The van der Waals surface area contributed by atoms with E-state index >= 15 is 0 Å². The zero-order valence-electron chi connectivity index (χ0n) is 11.2. The largest absolute Gasteiger partial charge is 0.384 e. The molecule has 2 aromatic rings. The molecule has 21 heavy (non-hydrogen) atoms. The molecule has 0 aliphatic carbocycles. The lowest BCUT2D eigenvalue weighted by molar-refractivity contribution is 0.0957. The fourth-order valence-corrected chi connectivity index (χ4v) is 2.58. The van der Waals surface area contributed by atoms with Crippen molar-refractivity contribution in [2.45, 2.75) is 6.42 Å². The number of thiophene rings is 1. The van der Waals surface area contributed by atoms with Crippen LogP contribution < -0.4 is 10.6 Å². The first-order chi connectivity index (χ1) is 10.2. The molecule has 0 bridgehead atoms. The summed E-state index contributed by atoms with van der Waals surface area (Å²) in [5, 5.41) is 17.5. The summed E-state index contributed by atoms with van der Waals surface area (Å²) in [6, 6.07) is 10.9. The average Bonchev–Trinajstić information content (AvgIpc) is 3.02. The van der Waals surface area contributed by atoms with Crippen LogP contribution in [0.4, 0.5) is 5.69 Å². The maximum atomic E-state index is 11.7. The van der Waals surface area contributed by atoms with E-state index in [1.54, 1.807) is 24.3 Å². The highest BCUT2D eigenvalue weighted by Crippen LogP contribution is 2.19. The van der Waals surface area contributed by atoms with Gasteiger partial charge in [0.15, 0.2) is 0 Å². The molecule has 4 nitrogen and oxygen atoms in total. The maximum absolute atomic E-state index is 11.7. The molecule has 1 amide bonds. The number of anilines is 1. The first kappa shape index (κ1) is 15.4. The standard InChI is InChI=1S/C15H14ClN3OS/c16-12-4-5-13(11(9-12)10-17)18-6-2-7-19-15(20)14-3-1-8-21-14/h1,3-5,8-9,18H,2,6-7H2,(H,19,20). The normalized spacial score (nSPS) is 9.90. The molecule has 0 aliphatic rings. The van der Waals surface area contributed by atoms with Crippen LogP contribution in [0.5, 0.6) is 0 Å². The first-order valence-corrected chi connectivity index (χ1v) is 7.71. The summed E-state index contributed by atoms with van der Waals surface area (Å²) < 4.78 is 0. The van der Waals surface area contributed by atoms with E-state index in [9.17, 15) is 4.79 Å². The Hall–Kier alpha value is -2.03. The Balaban J connectivity index is 1.73. The van der Waals surface area contributed by atoms with Gasteiger partial charge < -0.3 is 10.6 Å². The minimum Gasteiger partial charge on any atom is -0.384 e. The number of carbonyl (C=O) groups excluding carboxylic acids is 1. The number of carbonyl (C=O) groups is 1. The summed E-state index contributed by atoms with van der Waals surface area (Å²) in [4.78, 5) is 12.4. The summed E-state index contributed by atoms with van der Waals surface area (Å²) >= 11 is 7.26. The van der Waals surface area contributed by atoms with Gasteiger partial charge >= 0.3 is 0 Å². The molecule has 0 spiro atoms. The molecule has 0 fully saturated rings. The van der Waals surface area contributed by atoms with Crippen LogP contribution in [0, 0.1) is 11.3 Å². The van der Waals surface area contributed by atoms with E-state index in [1.807, 2.05) is 11.4 Å². The lowest BCUT2D eigenvalue weighted by Gasteiger charge is -2.09. The lowest BCUT2D eigenvalue weighted by atomic mass is 10.2. The van der Waals surface area contributed by atoms with E-state index in [0.717, 1.165) is 12.1 Å². The number of nitrogens with zero attached hydrogens (tertiary/aromatic N) is 1. The van der Waals surface area contributed by atoms with E-state index in [-0.39, 0.29) is 5.91 Å². The second-order valence-electron chi connectivity index (χ2n) is 4.32. The Labute approximate surface area is 132 Å². The van der Waals surface area contributed by atoms with Gasteiger partial charge in [-0.1, -0.05) is 17.7 Å². The number of nitriles is 1. The number of hydrogen-bond acceptors (Lipinski definition) is 4. The van der Waals surface area contributed by atoms with Crippen molar-refractivity contribution in [3.63, 3.8) is 0 Å². The second kappa shape index (κ2) is 7.67. The topological polar surface area (TPSA) is 64.9 Å². The number of nitrogens with one attached hydrogen (secondary N) is 2. The third-order valence-electron chi connectivity index (χ3n) is 2.80. The minimum atomic E-state index is -0.0470. The van der Waals surface area contributed by atoms with Gasteiger partial charge in [-0.3, -0.25) is 4.79 Å². The number of benzene rings is 1. The Bertz CT molecular complexity index is 649. The minimum absolute atomic E-state index is 0.0470. The van der Waals surface area contributed by atoms with Crippen LogP contribution in [0.25, 0.3) is 0 Å². The highest BCUT2D eigenvalue weighted by molar-refractivity contribution is 7.12. The average molecular weight is 320 g/mol. The number of rotatable bonds is 6. The van der Waals surface area contributed by atoms with E-state index in [2.05, 4.69) is 16.7 Å². The van der Waals surface area contributed by atoms with E-state index in [1.165, 1.54) is 11.3 Å². The number of halogens is 1. The molecule has 2 rings (SSSR count). The van der Waals surface area contributed by atoms with Crippen molar-refractivity contribution in [1.82, 2.24) is 5.32 Å². The van der Waals surface area contributed by atoms with Crippen molar-refractivity contribution in [3.8, 4) is 6.07 Å². The molecule has 0 atom stereocenters. The Kier molecular flexibility index (Phi) is 5.61. The lowest BCUT2D eigenvalue weighted by Crippen LogP contribution is -2.25. The van der Waals surface area contributed by atoms with Crippen LogP contribution in [0.1, 0.15) is 21.7 Å². The van der Waals surface area contributed by atoms with Gasteiger partial charge in [-0.2, -0.15) is 5.26 Å².